The topological polar surface area (TPSA) is 68.3 Å². The van der Waals surface area contributed by atoms with Crippen molar-refractivity contribution < 1.29 is 23.8 Å². The van der Waals surface area contributed by atoms with Crippen molar-refractivity contribution >= 4 is 12.0 Å². The molecule has 0 aliphatic carbocycles. The second kappa shape index (κ2) is 8.26. The molecule has 1 aliphatic rings. The number of rotatable bonds is 4. The van der Waals surface area contributed by atoms with Crippen molar-refractivity contribution in [3.63, 3.8) is 0 Å². The molecule has 7 heteroatoms. The van der Waals surface area contributed by atoms with E-state index >= 15 is 0 Å². The third-order valence-electron chi connectivity index (χ3n) is 3.70. The number of benzene rings is 1. The Morgan fingerprint density at radius 3 is 2.35 bits per heavy atom. The molecule has 1 saturated heterocycles. The van der Waals surface area contributed by atoms with Gasteiger partial charge < -0.3 is 24.0 Å². The molecule has 2 rings (SSSR count). The highest BCUT2D eigenvalue weighted by atomic mass is 16.5. The lowest BCUT2D eigenvalue weighted by molar-refractivity contribution is -0.133. The second-order valence-electron chi connectivity index (χ2n) is 5.13. The van der Waals surface area contributed by atoms with Gasteiger partial charge in [-0.15, -0.1) is 0 Å². The standard InChI is InChI=1S/C16H22N2O5/c1-21-13-6-3-4-7-14(13)23-12-15(19)17-8-5-9-18(11-10-17)16(20)22-2/h3-4,6-7H,5,8-12H2,1-2H3. The van der Waals surface area contributed by atoms with Gasteiger partial charge in [0.25, 0.3) is 5.91 Å². The molecule has 0 bridgehead atoms. The summed E-state index contributed by atoms with van der Waals surface area (Å²) in [6.07, 6.45) is 0.361. The Labute approximate surface area is 135 Å². The van der Waals surface area contributed by atoms with Crippen LogP contribution < -0.4 is 9.47 Å². The molecular weight excluding hydrogens is 300 g/mol. The lowest BCUT2D eigenvalue weighted by Gasteiger charge is -2.21. The summed E-state index contributed by atoms with van der Waals surface area (Å²) in [5.74, 6) is 1.02. The Balaban J connectivity index is 1.87. The number of nitrogens with zero attached hydrogens (tertiary/aromatic N) is 2. The minimum Gasteiger partial charge on any atom is -0.493 e. The highest BCUT2D eigenvalue weighted by Crippen LogP contribution is 2.25. The van der Waals surface area contributed by atoms with E-state index in [-0.39, 0.29) is 18.6 Å². The number of para-hydroxylation sites is 2. The monoisotopic (exact) mass is 322 g/mol. The van der Waals surface area contributed by atoms with Gasteiger partial charge in [-0.25, -0.2) is 4.79 Å². The first-order valence-corrected chi connectivity index (χ1v) is 7.52. The van der Waals surface area contributed by atoms with E-state index in [0.29, 0.717) is 37.7 Å². The van der Waals surface area contributed by atoms with Gasteiger partial charge in [0.15, 0.2) is 18.1 Å². The van der Waals surface area contributed by atoms with Crippen molar-refractivity contribution in [3.8, 4) is 11.5 Å². The number of ether oxygens (including phenoxy) is 3. The van der Waals surface area contributed by atoms with Crippen LogP contribution in [0.5, 0.6) is 11.5 Å². The Hall–Kier alpha value is -2.44. The summed E-state index contributed by atoms with van der Waals surface area (Å²) >= 11 is 0. The fraction of sp³-hybridized carbons (Fsp3) is 0.500. The molecule has 126 valence electrons. The molecule has 0 saturated carbocycles. The molecule has 1 fully saturated rings. The SMILES string of the molecule is COC(=O)N1CCCN(C(=O)COc2ccccc2OC)CC1. The summed E-state index contributed by atoms with van der Waals surface area (Å²) in [5, 5.41) is 0. The average Bonchev–Trinajstić information content (AvgIpc) is 2.85. The summed E-state index contributed by atoms with van der Waals surface area (Å²) in [4.78, 5) is 27.1. The van der Waals surface area contributed by atoms with E-state index in [9.17, 15) is 9.59 Å². The van der Waals surface area contributed by atoms with Gasteiger partial charge in [-0.1, -0.05) is 12.1 Å². The van der Waals surface area contributed by atoms with Gasteiger partial charge in [-0.2, -0.15) is 0 Å². The lowest BCUT2D eigenvalue weighted by Crippen LogP contribution is -2.39. The summed E-state index contributed by atoms with van der Waals surface area (Å²) < 4.78 is 15.5. The number of carbonyl (C=O) groups excluding carboxylic acids is 2. The van der Waals surface area contributed by atoms with E-state index in [2.05, 4.69) is 0 Å². The van der Waals surface area contributed by atoms with Crippen LogP contribution >= 0.6 is 0 Å². The van der Waals surface area contributed by atoms with E-state index in [4.69, 9.17) is 14.2 Å². The molecule has 0 N–H and O–H groups in total. The van der Waals surface area contributed by atoms with Crippen LogP contribution in [0.25, 0.3) is 0 Å². The van der Waals surface area contributed by atoms with Crippen LogP contribution in [0, 0.1) is 0 Å². The summed E-state index contributed by atoms with van der Waals surface area (Å²) in [6.45, 7) is 2.07. The van der Waals surface area contributed by atoms with Crippen molar-refractivity contribution in [2.24, 2.45) is 0 Å². The second-order valence-corrected chi connectivity index (χ2v) is 5.13. The van der Waals surface area contributed by atoms with E-state index < -0.39 is 0 Å². The first-order valence-electron chi connectivity index (χ1n) is 7.52. The largest absolute Gasteiger partial charge is 0.493 e. The fourth-order valence-corrected chi connectivity index (χ4v) is 2.45. The molecule has 1 heterocycles. The van der Waals surface area contributed by atoms with Crippen LogP contribution in [0.2, 0.25) is 0 Å². The number of hydrogen-bond acceptors (Lipinski definition) is 5. The normalized spacial score (nSPS) is 14.9. The fourth-order valence-electron chi connectivity index (χ4n) is 2.45. The molecule has 0 radical (unpaired) electrons. The van der Waals surface area contributed by atoms with Gasteiger partial charge in [-0.3, -0.25) is 4.79 Å². The molecule has 1 aromatic rings. The molecule has 23 heavy (non-hydrogen) atoms. The van der Waals surface area contributed by atoms with Crippen LogP contribution in [0.1, 0.15) is 6.42 Å². The van der Waals surface area contributed by atoms with E-state index in [0.717, 1.165) is 6.42 Å². The van der Waals surface area contributed by atoms with Gasteiger partial charge in [0.2, 0.25) is 0 Å². The Morgan fingerprint density at radius 1 is 1.00 bits per heavy atom. The Kier molecular flexibility index (Phi) is 6.08. The predicted molar refractivity (Wildman–Crippen MR) is 83.7 cm³/mol. The summed E-state index contributed by atoms with van der Waals surface area (Å²) in [7, 11) is 2.91. The van der Waals surface area contributed by atoms with Crippen molar-refractivity contribution in [3.05, 3.63) is 24.3 Å². The molecule has 2 amide bonds. The van der Waals surface area contributed by atoms with Crippen molar-refractivity contribution in [1.82, 2.24) is 9.80 Å². The number of hydrogen-bond donors (Lipinski definition) is 0. The van der Waals surface area contributed by atoms with E-state index in [1.165, 1.54) is 7.11 Å². The highest BCUT2D eigenvalue weighted by molar-refractivity contribution is 5.78. The maximum absolute atomic E-state index is 12.3. The molecular formula is C16H22N2O5. The molecule has 0 spiro atoms. The maximum Gasteiger partial charge on any atom is 0.409 e. The Morgan fingerprint density at radius 2 is 1.65 bits per heavy atom. The summed E-state index contributed by atoms with van der Waals surface area (Å²) in [5.41, 5.74) is 0. The quantitative estimate of drug-likeness (QED) is 0.837. The van der Waals surface area contributed by atoms with Gasteiger partial charge in [-0.05, 0) is 18.6 Å². The minimum atomic E-state index is -0.357. The Bertz CT molecular complexity index is 549. The number of methoxy groups -OCH3 is 2. The zero-order chi connectivity index (χ0) is 16.7. The first-order chi connectivity index (χ1) is 11.2. The zero-order valence-electron chi connectivity index (χ0n) is 13.5. The zero-order valence-corrected chi connectivity index (χ0v) is 13.5. The molecule has 0 aromatic heterocycles. The van der Waals surface area contributed by atoms with Crippen LogP contribution in [0.4, 0.5) is 4.79 Å². The number of carbonyl (C=O) groups is 2. The average molecular weight is 322 g/mol. The van der Waals surface area contributed by atoms with Crippen molar-refractivity contribution in [2.75, 3.05) is 47.0 Å². The third kappa shape index (κ3) is 4.51. The molecule has 7 nitrogen and oxygen atoms in total. The van der Waals surface area contributed by atoms with Crippen LogP contribution in [-0.4, -0.2) is 68.8 Å². The van der Waals surface area contributed by atoms with Crippen LogP contribution in [-0.2, 0) is 9.53 Å². The van der Waals surface area contributed by atoms with Gasteiger partial charge in [0, 0.05) is 26.2 Å². The molecule has 1 aromatic carbocycles. The minimum absolute atomic E-state index is 0.0569. The number of amides is 2. The molecule has 0 atom stereocenters. The smallest absolute Gasteiger partial charge is 0.409 e. The molecule has 1 aliphatic heterocycles. The predicted octanol–water partition coefficient (Wildman–Crippen LogP) is 1.37. The lowest BCUT2D eigenvalue weighted by atomic mass is 10.3. The van der Waals surface area contributed by atoms with Crippen LogP contribution in [0.3, 0.4) is 0 Å². The van der Waals surface area contributed by atoms with Crippen LogP contribution in [0.15, 0.2) is 24.3 Å². The van der Waals surface area contributed by atoms with E-state index in [1.54, 1.807) is 29.0 Å². The third-order valence-corrected chi connectivity index (χ3v) is 3.70. The van der Waals surface area contributed by atoms with Gasteiger partial charge in [0.1, 0.15) is 0 Å². The van der Waals surface area contributed by atoms with E-state index in [1.807, 2.05) is 12.1 Å². The van der Waals surface area contributed by atoms with Crippen molar-refractivity contribution in [1.29, 1.82) is 0 Å². The first kappa shape index (κ1) is 16.9. The highest BCUT2D eigenvalue weighted by Gasteiger charge is 2.22. The summed E-state index contributed by atoms with van der Waals surface area (Å²) in [6, 6.07) is 7.19. The maximum atomic E-state index is 12.3. The molecule has 0 unspecified atom stereocenters. The van der Waals surface area contributed by atoms with Gasteiger partial charge >= 0.3 is 6.09 Å². The van der Waals surface area contributed by atoms with Gasteiger partial charge in [0.05, 0.1) is 14.2 Å². The van der Waals surface area contributed by atoms with Crippen molar-refractivity contribution in [2.45, 2.75) is 6.42 Å².